The fourth-order valence-corrected chi connectivity index (χ4v) is 1.91. The molecule has 0 aromatic heterocycles. The lowest BCUT2D eigenvalue weighted by Gasteiger charge is -2.36. The van der Waals surface area contributed by atoms with Crippen LogP contribution < -0.4 is 0 Å². The lowest BCUT2D eigenvalue weighted by atomic mass is 9.93. The van der Waals surface area contributed by atoms with Crippen LogP contribution in [0.2, 0.25) is 0 Å². The van der Waals surface area contributed by atoms with Gasteiger partial charge in [0.15, 0.2) is 0 Å². The quantitative estimate of drug-likeness (QED) is 0.766. The fourth-order valence-electron chi connectivity index (χ4n) is 1.91. The summed E-state index contributed by atoms with van der Waals surface area (Å²) < 4.78 is 5.22. The van der Waals surface area contributed by atoms with E-state index in [9.17, 15) is 9.59 Å². The van der Waals surface area contributed by atoms with Gasteiger partial charge in [0, 0.05) is 6.54 Å². The number of rotatable bonds is 1. The molecule has 1 aliphatic heterocycles. The molecule has 0 saturated carbocycles. The van der Waals surface area contributed by atoms with Crippen LogP contribution in [-0.2, 0) is 9.53 Å². The van der Waals surface area contributed by atoms with E-state index < -0.39 is 23.7 Å². The first-order chi connectivity index (χ1) is 7.70. The minimum Gasteiger partial charge on any atom is -0.480 e. The number of aliphatic carboxylic acids is 1. The zero-order chi connectivity index (χ0) is 13.2. The van der Waals surface area contributed by atoms with Crippen molar-refractivity contribution >= 4 is 12.1 Å². The van der Waals surface area contributed by atoms with Crippen LogP contribution in [0.25, 0.3) is 0 Å². The van der Waals surface area contributed by atoms with Crippen molar-refractivity contribution < 1.29 is 19.4 Å². The van der Waals surface area contributed by atoms with Gasteiger partial charge >= 0.3 is 12.1 Å². The summed E-state index contributed by atoms with van der Waals surface area (Å²) in [6.45, 7) is 7.77. The van der Waals surface area contributed by atoms with E-state index in [0.29, 0.717) is 18.9 Å². The number of hydrogen-bond acceptors (Lipinski definition) is 3. The summed E-state index contributed by atoms with van der Waals surface area (Å²) in [5.74, 6) is -0.628. The Balaban J connectivity index is 2.73. The van der Waals surface area contributed by atoms with Crippen LogP contribution in [0.5, 0.6) is 0 Å². The van der Waals surface area contributed by atoms with Gasteiger partial charge in [-0.25, -0.2) is 9.59 Å². The molecule has 5 heteroatoms. The van der Waals surface area contributed by atoms with Crippen molar-refractivity contribution in [3.8, 4) is 0 Å². The van der Waals surface area contributed by atoms with Crippen molar-refractivity contribution in [1.29, 1.82) is 0 Å². The van der Waals surface area contributed by atoms with Gasteiger partial charge in [-0.1, -0.05) is 6.92 Å². The molecule has 17 heavy (non-hydrogen) atoms. The van der Waals surface area contributed by atoms with Crippen LogP contribution in [0.15, 0.2) is 0 Å². The average Bonchev–Trinajstić information content (AvgIpc) is 2.14. The lowest BCUT2D eigenvalue weighted by molar-refractivity contribution is -0.145. The molecule has 5 nitrogen and oxygen atoms in total. The Morgan fingerprint density at radius 3 is 2.41 bits per heavy atom. The zero-order valence-electron chi connectivity index (χ0n) is 10.9. The van der Waals surface area contributed by atoms with E-state index in [-0.39, 0.29) is 0 Å². The molecule has 0 spiro atoms. The summed E-state index contributed by atoms with van der Waals surface area (Å²) in [6.07, 6.45) is 0.786. The fraction of sp³-hybridized carbons (Fsp3) is 0.833. The van der Waals surface area contributed by atoms with Gasteiger partial charge in [0.25, 0.3) is 0 Å². The third kappa shape index (κ3) is 3.91. The third-order valence-electron chi connectivity index (χ3n) is 2.78. The predicted molar refractivity (Wildman–Crippen MR) is 62.8 cm³/mol. The maximum absolute atomic E-state index is 11.9. The average molecular weight is 243 g/mol. The molecule has 1 rings (SSSR count). The highest BCUT2D eigenvalue weighted by Gasteiger charge is 2.36. The Kier molecular flexibility index (Phi) is 4.01. The van der Waals surface area contributed by atoms with E-state index in [0.717, 1.165) is 6.42 Å². The molecule has 1 fully saturated rings. The summed E-state index contributed by atoms with van der Waals surface area (Å²) in [5.41, 5.74) is -0.594. The van der Waals surface area contributed by atoms with E-state index >= 15 is 0 Å². The number of piperidine rings is 1. The second-order valence-electron chi connectivity index (χ2n) is 5.66. The summed E-state index contributed by atoms with van der Waals surface area (Å²) in [6, 6.07) is -0.756. The Morgan fingerprint density at radius 2 is 1.94 bits per heavy atom. The molecule has 1 amide bonds. The molecule has 0 aromatic rings. The number of carboxylic acids is 1. The Labute approximate surface area is 102 Å². The molecule has 1 unspecified atom stereocenters. The first-order valence-corrected chi connectivity index (χ1v) is 5.93. The maximum atomic E-state index is 11.9. The van der Waals surface area contributed by atoms with Crippen LogP contribution in [0.1, 0.15) is 40.5 Å². The second-order valence-corrected chi connectivity index (χ2v) is 5.66. The minimum atomic E-state index is -0.956. The standard InChI is InChI=1S/C12H21NO4/c1-8-5-6-13(9(7-8)10(14)15)11(16)17-12(2,3)4/h8-9H,5-7H2,1-4H3,(H,14,15)/t8-,9?/m0/s1. The van der Waals surface area contributed by atoms with Gasteiger partial charge in [-0.05, 0) is 39.5 Å². The molecule has 0 radical (unpaired) electrons. The zero-order valence-corrected chi connectivity index (χ0v) is 10.9. The first-order valence-electron chi connectivity index (χ1n) is 5.93. The Hall–Kier alpha value is -1.26. The van der Waals surface area contributed by atoms with E-state index in [1.54, 1.807) is 20.8 Å². The van der Waals surface area contributed by atoms with E-state index in [1.807, 2.05) is 6.92 Å². The van der Waals surface area contributed by atoms with E-state index in [4.69, 9.17) is 9.84 Å². The van der Waals surface area contributed by atoms with Crippen molar-refractivity contribution in [2.45, 2.75) is 52.2 Å². The predicted octanol–water partition coefficient (Wildman–Crippen LogP) is 2.11. The normalized spacial score (nSPS) is 25.5. The van der Waals surface area contributed by atoms with Crippen molar-refractivity contribution in [3.05, 3.63) is 0 Å². The molecule has 2 atom stereocenters. The molecular weight excluding hydrogens is 222 g/mol. The van der Waals surface area contributed by atoms with Crippen molar-refractivity contribution in [2.75, 3.05) is 6.54 Å². The number of likely N-dealkylation sites (tertiary alicyclic amines) is 1. The highest BCUT2D eigenvalue weighted by Crippen LogP contribution is 2.24. The van der Waals surface area contributed by atoms with Crippen LogP contribution in [0.3, 0.4) is 0 Å². The number of ether oxygens (including phenoxy) is 1. The molecule has 1 heterocycles. The highest BCUT2D eigenvalue weighted by atomic mass is 16.6. The van der Waals surface area contributed by atoms with Gasteiger partial charge in [0.1, 0.15) is 11.6 Å². The van der Waals surface area contributed by atoms with Gasteiger partial charge in [0.05, 0.1) is 0 Å². The van der Waals surface area contributed by atoms with Crippen molar-refractivity contribution in [2.24, 2.45) is 5.92 Å². The summed E-state index contributed by atoms with van der Waals surface area (Å²) >= 11 is 0. The highest BCUT2D eigenvalue weighted by molar-refractivity contribution is 5.80. The van der Waals surface area contributed by atoms with Gasteiger partial charge < -0.3 is 9.84 Å². The van der Waals surface area contributed by atoms with Crippen molar-refractivity contribution in [3.63, 3.8) is 0 Å². The van der Waals surface area contributed by atoms with Gasteiger partial charge in [0.2, 0.25) is 0 Å². The monoisotopic (exact) mass is 243 g/mol. The third-order valence-corrected chi connectivity index (χ3v) is 2.78. The van der Waals surface area contributed by atoms with Gasteiger partial charge in [-0.15, -0.1) is 0 Å². The lowest BCUT2D eigenvalue weighted by Crippen LogP contribution is -2.51. The molecule has 0 bridgehead atoms. The van der Waals surface area contributed by atoms with E-state index in [2.05, 4.69) is 0 Å². The first kappa shape index (κ1) is 13.8. The number of carbonyl (C=O) groups is 2. The van der Waals surface area contributed by atoms with Gasteiger partial charge in [-0.2, -0.15) is 0 Å². The van der Waals surface area contributed by atoms with E-state index in [1.165, 1.54) is 4.90 Å². The Bertz CT molecular complexity index is 308. The summed E-state index contributed by atoms with van der Waals surface area (Å²) in [7, 11) is 0. The maximum Gasteiger partial charge on any atom is 0.411 e. The summed E-state index contributed by atoms with van der Waals surface area (Å²) in [5, 5.41) is 9.12. The Morgan fingerprint density at radius 1 is 1.35 bits per heavy atom. The molecular formula is C12H21NO4. The molecule has 1 aliphatic rings. The van der Waals surface area contributed by atoms with Crippen LogP contribution >= 0.6 is 0 Å². The SMILES string of the molecule is C[C@H]1CCN(C(=O)OC(C)(C)C)C(C(=O)O)C1. The number of carbonyl (C=O) groups excluding carboxylic acids is 1. The second kappa shape index (κ2) is 4.94. The molecule has 1 N–H and O–H groups in total. The summed E-state index contributed by atoms with van der Waals surface area (Å²) in [4.78, 5) is 24.3. The largest absolute Gasteiger partial charge is 0.480 e. The smallest absolute Gasteiger partial charge is 0.411 e. The topological polar surface area (TPSA) is 66.8 Å². The molecule has 1 saturated heterocycles. The number of amides is 1. The molecule has 0 aromatic carbocycles. The van der Waals surface area contributed by atoms with Gasteiger partial charge in [-0.3, -0.25) is 4.90 Å². The van der Waals surface area contributed by atoms with Crippen LogP contribution in [0.4, 0.5) is 4.79 Å². The minimum absolute atomic E-state index is 0.329. The molecule has 98 valence electrons. The van der Waals surface area contributed by atoms with Crippen LogP contribution in [0, 0.1) is 5.92 Å². The molecule has 0 aliphatic carbocycles. The van der Waals surface area contributed by atoms with Crippen molar-refractivity contribution in [1.82, 2.24) is 4.90 Å². The number of nitrogens with zero attached hydrogens (tertiary/aromatic N) is 1. The number of hydrogen-bond donors (Lipinski definition) is 1. The van der Waals surface area contributed by atoms with Crippen LogP contribution in [-0.4, -0.2) is 40.3 Å². The number of carboxylic acid groups (broad SMARTS) is 1.